The Labute approximate surface area is 264 Å². The average Bonchev–Trinajstić information content (AvgIpc) is 3.71. The highest BCUT2D eigenvalue weighted by atomic mass is 16.5. The summed E-state index contributed by atoms with van der Waals surface area (Å²) >= 11 is 0. The Morgan fingerprint density at radius 2 is 1.56 bits per heavy atom. The molecule has 8 heteroatoms. The van der Waals surface area contributed by atoms with Gasteiger partial charge in [0, 0.05) is 19.6 Å². The molecule has 1 fully saturated rings. The molecule has 8 nitrogen and oxygen atoms in total. The van der Waals surface area contributed by atoms with Gasteiger partial charge in [0.1, 0.15) is 12.8 Å². The molecular formula is C37H41N3O5. The van der Waals surface area contributed by atoms with Gasteiger partial charge < -0.3 is 29.4 Å². The number of hydrogen-bond acceptors (Lipinski definition) is 7. The molecule has 0 spiro atoms. The van der Waals surface area contributed by atoms with Crippen molar-refractivity contribution < 1.29 is 24.1 Å². The fraction of sp³-hybridized carbons (Fsp3) is 0.324. The van der Waals surface area contributed by atoms with Gasteiger partial charge in [0.2, 0.25) is 5.95 Å². The number of ether oxygens (including phenoxy) is 4. The molecule has 2 heterocycles. The van der Waals surface area contributed by atoms with Gasteiger partial charge in [-0.05, 0) is 60.2 Å². The molecule has 234 valence electrons. The lowest BCUT2D eigenvalue weighted by molar-refractivity contribution is -0.0195. The second-order valence-electron chi connectivity index (χ2n) is 11.2. The van der Waals surface area contributed by atoms with E-state index in [0.717, 1.165) is 53.8 Å². The third-order valence-corrected chi connectivity index (χ3v) is 7.94. The van der Waals surface area contributed by atoms with Gasteiger partial charge in [-0.2, -0.15) is 0 Å². The summed E-state index contributed by atoms with van der Waals surface area (Å²) < 4.78 is 26.6. The molecule has 45 heavy (non-hydrogen) atoms. The lowest BCUT2D eigenvalue weighted by atomic mass is 10.2. The summed E-state index contributed by atoms with van der Waals surface area (Å²) in [5, 5.41) is 13.2. The van der Waals surface area contributed by atoms with E-state index in [4.69, 9.17) is 23.9 Å². The number of hydrogen-bond donors (Lipinski definition) is 2. The summed E-state index contributed by atoms with van der Waals surface area (Å²) in [5.74, 6) is 2.14. The zero-order valence-corrected chi connectivity index (χ0v) is 25.5. The van der Waals surface area contributed by atoms with Crippen LogP contribution >= 0.6 is 0 Å². The van der Waals surface area contributed by atoms with Crippen molar-refractivity contribution in [3.8, 4) is 11.5 Å². The molecule has 1 aliphatic heterocycles. The number of nitrogens with zero attached hydrogens (tertiary/aromatic N) is 2. The minimum absolute atomic E-state index is 0.0210. The first-order chi connectivity index (χ1) is 22.3. The van der Waals surface area contributed by atoms with E-state index in [1.165, 1.54) is 5.56 Å². The molecule has 4 aromatic carbocycles. The standard InChI is InChI=1S/C37H41N3O5/c41-26-31-17-19-36(45-31)40-33-15-8-7-14-32(33)39-37(40)38-25-30-16-18-34(44-27-29-12-5-2-6-13-29)35(24-30)43-22-9-21-42-23-20-28-10-3-1-4-11-28/h1-8,10-16,18,24,31,36,41H,9,17,19-23,25-27H2,(H,38,39)/t31-,36+/m0/s1. The molecule has 0 amide bonds. The Hall–Kier alpha value is -4.37. The van der Waals surface area contributed by atoms with Crippen LogP contribution in [0.3, 0.4) is 0 Å². The lowest BCUT2D eigenvalue weighted by Gasteiger charge is -2.19. The molecular weight excluding hydrogens is 566 g/mol. The van der Waals surface area contributed by atoms with Crippen LogP contribution in [0.15, 0.2) is 103 Å². The molecule has 0 saturated carbocycles. The summed E-state index contributed by atoms with van der Waals surface area (Å²) in [6.45, 7) is 2.85. The first kappa shape index (κ1) is 30.6. The van der Waals surface area contributed by atoms with Crippen molar-refractivity contribution in [2.45, 2.75) is 51.2 Å². The van der Waals surface area contributed by atoms with Crippen LogP contribution in [0.2, 0.25) is 0 Å². The van der Waals surface area contributed by atoms with E-state index in [2.05, 4.69) is 52.3 Å². The lowest BCUT2D eigenvalue weighted by Crippen LogP contribution is -2.16. The molecule has 1 saturated heterocycles. The fourth-order valence-electron chi connectivity index (χ4n) is 5.56. The van der Waals surface area contributed by atoms with Crippen molar-refractivity contribution in [1.82, 2.24) is 9.55 Å². The van der Waals surface area contributed by atoms with Gasteiger partial charge in [0.25, 0.3) is 0 Å². The highest BCUT2D eigenvalue weighted by Crippen LogP contribution is 2.35. The molecule has 0 radical (unpaired) electrons. The van der Waals surface area contributed by atoms with Crippen molar-refractivity contribution in [1.29, 1.82) is 0 Å². The second kappa shape index (κ2) is 15.6. The number of rotatable bonds is 16. The maximum absolute atomic E-state index is 9.63. The van der Waals surface area contributed by atoms with Crippen molar-refractivity contribution in [2.75, 3.05) is 31.7 Å². The maximum atomic E-state index is 9.63. The van der Waals surface area contributed by atoms with E-state index >= 15 is 0 Å². The van der Waals surface area contributed by atoms with Crippen LogP contribution in [0.4, 0.5) is 5.95 Å². The quantitative estimate of drug-likeness (QED) is 0.118. The smallest absolute Gasteiger partial charge is 0.206 e. The normalized spacial score (nSPS) is 16.2. The van der Waals surface area contributed by atoms with Crippen molar-refractivity contribution >= 4 is 17.0 Å². The highest BCUT2D eigenvalue weighted by molar-refractivity contribution is 5.78. The minimum atomic E-state index is -0.181. The SMILES string of the molecule is OC[C@@H]1CC[C@H](n2c(NCc3ccc(OCc4ccccc4)c(OCCCOCCc4ccccc4)c3)nc3ccccc32)O1. The van der Waals surface area contributed by atoms with E-state index in [1.807, 2.05) is 60.7 Å². The monoisotopic (exact) mass is 607 g/mol. The van der Waals surface area contributed by atoms with Gasteiger partial charge in [-0.25, -0.2) is 4.98 Å². The van der Waals surface area contributed by atoms with Gasteiger partial charge in [-0.15, -0.1) is 0 Å². The summed E-state index contributed by atoms with van der Waals surface area (Å²) in [4.78, 5) is 4.87. The first-order valence-corrected chi connectivity index (χ1v) is 15.8. The van der Waals surface area contributed by atoms with E-state index in [9.17, 15) is 5.11 Å². The van der Waals surface area contributed by atoms with Crippen molar-refractivity contribution in [3.05, 3.63) is 120 Å². The third kappa shape index (κ3) is 8.22. The van der Waals surface area contributed by atoms with E-state index in [1.54, 1.807) is 0 Å². The van der Waals surface area contributed by atoms with Crippen LogP contribution in [0.25, 0.3) is 11.0 Å². The summed E-state index contributed by atoms with van der Waals surface area (Å²) in [6, 6.07) is 34.6. The Morgan fingerprint density at radius 1 is 0.778 bits per heavy atom. The Morgan fingerprint density at radius 3 is 2.36 bits per heavy atom. The zero-order chi connectivity index (χ0) is 30.7. The van der Waals surface area contributed by atoms with Gasteiger partial charge >= 0.3 is 0 Å². The minimum Gasteiger partial charge on any atom is -0.490 e. The predicted molar refractivity (Wildman–Crippen MR) is 176 cm³/mol. The molecule has 2 N–H and O–H groups in total. The van der Waals surface area contributed by atoms with E-state index < -0.39 is 0 Å². The Bertz CT molecular complexity index is 1630. The van der Waals surface area contributed by atoms with E-state index in [0.29, 0.717) is 44.5 Å². The van der Waals surface area contributed by atoms with Crippen LogP contribution in [0.1, 0.15) is 42.2 Å². The Kier molecular flexibility index (Phi) is 10.6. The van der Waals surface area contributed by atoms with Gasteiger partial charge in [0.05, 0.1) is 37.0 Å². The molecule has 2 atom stereocenters. The summed E-state index contributed by atoms with van der Waals surface area (Å²) in [5.41, 5.74) is 5.31. The third-order valence-electron chi connectivity index (χ3n) is 7.94. The van der Waals surface area contributed by atoms with Crippen LogP contribution in [0.5, 0.6) is 11.5 Å². The number of para-hydroxylation sites is 2. The summed E-state index contributed by atoms with van der Waals surface area (Å²) in [7, 11) is 0. The first-order valence-electron chi connectivity index (χ1n) is 15.8. The number of benzene rings is 4. The highest BCUT2D eigenvalue weighted by Gasteiger charge is 2.29. The fourth-order valence-corrected chi connectivity index (χ4v) is 5.56. The number of aromatic nitrogens is 2. The molecule has 1 aromatic heterocycles. The Balaban J connectivity index is 1.10. The molecule has 5 aromatic rings. The van der Waals surface area contributed by atoms with Gasteiger partial charge in [-0.3, -0.25) is 4.57 Å². The number of aliphatic hydroxyl groups is 1. The molecule has 1 aliphatic rings. The number of anilines is 1. The largest absolute Gasteiger partial charge is 0.490 e. The van der Waals surface area contributed by atoms with Crippen molar-refractivity contribution in [2.24, 2.45) is 0 Å². The van der Waals surface area contributed by atoms with Crippen molar-refractivity contribution in [3.63, 3.8) is 0 Å². The molecule has 0 bridgehead atoms. The molecule has 6 rings (SSSR count). The molecule has 0 unspecified atom stereocenters. The number of nitrogens with one attached hydrogen (secondary N) is 1. The van der Waals surface area contributed by atoms with Crippen LogP contribution in [0, 0.1) is 0 Å². The van der Waals surface area contributed by atoms with Gasteiger partial charge in [0.15, 0.2) is 11.5 Å². The van der Waals surface area contributed by atoms with E-state index in [-0.39, 0.29) is 18.9 Å². The zero-order valence-electron chi connectivity index (χ0n) is 25.5. The average molecular weight is 608 g/mol. The maximum Gasteiger partial charge on any atom is 0.206 e. The number of fused-ring (bicyclic) bond motifs is 1. The van der Waals surface area contributed by atoms with Crippen LogP contribution in [-0.4, -0.2) is 47.2 Å². The second-order valence-corrected chi connectivity index (χ2v) is 11.2. The van der Waals surface area contributed by atoms with Crippen LogP contribution < -0.4 is 14.8 Å². The number of imidazole rings is 1. The number of aliphatic hydroxyl groups excluding tert-OH is 1. The topological polar surface area (TPSA) is 87.0 Å². The predicted octanol–water partition coefficient (Wildman–Crippen LogP) is 6.93. The summed E-state index contributed by atoms with van der Waals surface area (Å²) in [6.07, 6.45) is 2.98. The van der Waals surface area contributed by atoms with Crippen LogP contribution in [-0.2, 0) is 29.0 Å². The van der Waals surface area contributed by atoms with Gasteiger partial charge in [-0.1, -0.05) is 78.9 Å². The molecule has 0 aliphatic carbocycles.